The van der Waals surface area contributed by atoms with Crippen LogP contribution in [-0.2, 0) is 17.8 Å². The van der Waals surface area contributed by atoms with E-state index in [0.717, 1.165) is 28.0 Å². The van der Waals surface area contributed by atoms with E-state index in [1.165, 1.54) is 4.90 Å². The van der Waals surface area contributed by atoms with E-state index in [9.17, 15) is 19.5 Å². The third-order valence-corrected chi connectivity index (χ3v) is 6.20. The number of nitrogens with zero attached hydrogens (tertiary/aromatic N) is 2. The van der Waals surface area contributed by atoms with Gasteiger partial charge in [0.25, 0.3) is 5.91 Å². The standard InChI is InChI=1S/C23H21N3O4S/c1-23(2)21(29)26(22(30)25-23)13-15-9-6-10-16(11-15)19-24-17(18(31-19)20(27)28)12-14-7-4-3-5-8-14/h3-11H,12-13H2,1-2H3,(H,25,30)(H,27,28). The van der Waals surface area contributed by atoms with Crippen molar-refractivity contribution in [2.75, 3.05) is 0 Å². The number of aromatic nitrogens is 1. The van der Waals surface area contributed by atoms with Crippen LogP contribution in [0.5, 0.6) is 0 Å². The van der Waals surface area contributed by atoms with Crippen LogP contribution < -0.4 is 5.32 Å². The second-order valence-corrected chi connectivity index (χ2v) is 8.91. The number of carbonyl (C=O) groups is 3. The van der Waals surface area contributed by atoms with Crippen molar-refractivity contribution in [1.29, 1.82) is 0 Å². The Kier molecular flexibility index (Phi) is 5.32. The molecule has 2 aromatic carbocycles. The zero-order valence-corrected chi connectivity index (χ0v) is 17.9. The minimum Gasteiger partial charge on any atom is -0.477 e. The van der Waals surface area contributed by atoms with Crippen LogP contribution in [0.2, 0.25) is 0 Å². The first-order valence-corrected chi connectivity index (χ1v) is 10.6. The second-order valence-electron chi connectivity index (χ2n) is 7.91. The van der Waals surface area contributed by atoms with Gasteiger partial charge in [0, 0.05) is 12.0 Å². The van der Waals surface area contributed by atoms with Gasteiger partial charge in [-0.15, -0.1) is 11.3 Å². The summed E-state index contributed by atoms with van der Waals surface area (Å²) in [4.78, 5) is 42.4. The van der Waals surface area contributed by atoms with Gasteiger partial charge in [-0.2, -0.15) is 0 Å². The normalized spacial score (nSPS) is 15.2. The summed E-state index contributed by atoms with van der Waals surface area (Å²) in [5.41, 5.74) is 2.08. The predicted molar refractivity (Wildman–Crippen MR) is 117 cm³/mol. The van der Waals surface area contributed by atoms with Crippen molar-refractivity contribution in [3.05, 3.63) is 76.3 Å². The van der Waals surface area contributed by atoms with Crippen molar-refractivity contribution < 1.29 is 19.5 Å². The van der Waals surface area contributed by atoms with Crippen molar-refractivity contribution in [2.24, 2.45) is 0 Å². The van der Waals surface area contributed by atoms with E-state index in [-0.39, 0.29) is 17.3 Å². The molecule has 2 N–H and O–H groups in total. The molecule has 8 heteroatoms. The average Bonchev–Trinajstić information content (AvgIpc) is 3.23. The van der Waals surface area contributed by atoms with E-state index in [0.29, 0.717) is 17.1 Å². The summed E-state index contributed by atoms with van der Waals surface area (Å²) in [5.74, 6) is -1.29. The highest BCUT2D eigenvalue weighted by molar-refractivity contribution is 7.17. The molecule has 4 rings (SSSR count). The highest BCUT2D eigenvalue weighted by Crippen LogP contribution is 2.31. The lowest BCUT2D eigenvalue weighted by atomic mass is 10.1. The molecule has 2 heterocycles. The van der Waals surface area contributed by atoms with Crippen LogP contribution in [0.1, 0.15) is 40.3 Å². The monoisotopic (exact) mass is 435 g/mol. The molecule has 31 heavy (non-hydrogen) atoms. The van der Waals surface area contributed by atoms with Crippen LogP contribution in [-0.4, -0.2) is 38.4 Å². The first-order chi connectivity index (χ1) is 14.7. The van der Waals surface area contributed by atoms with Crippen LogP contribution in [0.15, 0.2) is 54.6 Å². The predicted octanol–water partition coefficient (Wildman–Crippen LogP) is 3.93. The Balaban J connectivity index is 1.62. The molecular formula is C23H21N3O4S. The van der Waals surface area contributed by atoms with Crippen LogP contribution in [0.25, 0.3) is 10.6 Å². The fourth-order valence-electron chi connectivity index (χ4n) is 3.50. The van der Waals surface area contributed by atoms with Crippen LogP contribution in [0.3, 0.4) is 0 Å². The zero-order valence-electron chi connectivity index (χ0n) is 17.1. The fourth-order valence-corrected chi connectivity index (χ4v) is 4.42. The number of nitrogens with one attached hydrogen (secondary N) is 1. The number of carboxylic acids is 1. The minimum absolute atomic E-state index is 0.135. The van der Waals surface area contributed by atoms with Gasteiger partial charge in [-0.05, 0) is 31.0 Å². The molecule has 158 valence electrons. The van der Waals surface area contributed by atoms with Crippen molar-refractivity contribution in [2.45, 2.75) is 32.4 Å². The summed E-state index contributed by atoms with van der Waals surface area (Å²) in [7, 11) is 0. The molecule has 0 aliphatic carbocycles. The van der Waals surface area contributed by atoms with Crippen molar-refractivity contribution in [3.63, 3.8) is 0 Å². The van der Waals surface area contributed by atoms with Crippen molar-refractivity contribution >= 4 is 29.2 Å². The molecule has 1 saturated heterocycles. The SMILES string of the molecule is CC1(C)NC(=O)N(Cc2cccc(-c3nc(Cc4ccccc4)c(C(=O)O)s3)c2)C1=O. The Morgan fingerprint density at radius 2 is 1.81 bits per heavy atom. The number of imide groups is 1. The lowest BCUT2D eigenvalue weighted by molar-refractivity contribution is -0.130. The van der Waals surface area contributed by atoms with E-state index in [1.54, 1.807) is 13.8 Å². The van der Waals surface area contributed by atoms with Gasteiger partial charge in [0.05, 0.1) is 12.2 Å². The maximum Gasteiger partial charge on any atom is 0.347 e. The number of rotatable bonds is 6. The molecule has 1 aliphatic heterocycles. The molecule has 0 unspecified atom stereocenters. The summed E-state index contributed by atoms with van der Waals surface area (Å²) in [6.45, 7) is 3.47. The summed E-state index contributed by atoms with van der Waals surface area (Å²) < 4.78 is 0. The summed E-state index contributed by atoms with van der Waals surface area (Å²) >= 11 is 1.12. The highest BCUT2D eigenvalue weighted by atomic mass is 32.1. The number of carboxylic acid groups (broad SMARTS) is 1. The molecule has 1 aromatic heterocycles. The van der Waals surface area contributed by atoms with Crippen LogP contribution in [0.4, 0.5) is 4.79 Å². The number of benzene rings is 2. The molecule has 0 saturated carbocycles. The third kappa shape index (κ3) is 4.20. The molecule has 0 bridgehead atoms. The van der Waals surface area contributed by atoms with Gasteiger partial charge in [0.15, 0.2) is 0 Å². The highest BCUT2D eigenvalue weighted by Gasteiger charge is 2.44. The van der Waals surface area contributed by atoms with Crippen molar-refractivity contribution in [3.8, 4) is 10.6 Å². The van der Waals surface area contributed by atoms with Gasteiger partial charge in [0.1, 0.15) is 15.4 Å². The number of carbonyl (C=O) groups excluding carboxylic acids is 2. The van der Waals surface area contributed by atoms with E-state index in [2.05, 4.69) is 10.3 Å². The van der Waals surface area contributed by atoms with Crippen LogP contribution >= 0.6 is 11.3 Å². The first-order valence-electron chi connectivity index (χ1n) is 9.75. The zero-order chi connectivity index (χ0) is 22.2. The molecule has 3 amide bonds. The molecule has 0 radical (unpaired) electrons. The first kappa shape index (κ1) is 20.7. The number of aromatic carboxylic acids is 1. The average molecular weight is 436 g/mol. The quantitative estimate of drug-likeness (QED) is 0.572. The summed E-state index contributed by atoms with van der Waals surface area (Å²) in [5, 5.41) is 12.9. The molecule has 0 spiro atoms. The van der Waals surface area contributed by atoms with Gasteiger partial charge >= 0.3 is 12.0 Å². The number of thiazole rings is 1. The smallest absolute Gasteiger partial charge is 0.347 e. The maximum atomic E-state index is 12.5. The number of hydrogen-bond donors (Lipinski definition) is 2. The number of urea groups is 1. The molecule has 1 fully saturated rings. The molecule has 3 aromatic rings. The Morgan fingerprint density at radius 1 is 1.10 bits per heavy atom. The van der Waals surface area contributed by atoms with Gasteiger partial charge in [0.2, 0.25) is 0 Å². The van der Waals surface area contributed by atoms with E-state index in [4.69, 9.17) is 0 Å². The van der Waals surface area contributed by atoms with Gasteiger partial charge in [-0.1, -0.05) is 48.5 Å². The molecule has 0 atom stereocenters. The molecule has 7 nitrogen and oxygen atoms in total. The number of hydrogen-bond acceptors (Lipinski definition) is 5. The molecule has 1 aliphatic rings. The Hall–Kier alpha value is -3.52. The van der Waals surface area contributed by atoms with Crippen LogP contribution in [0, 0.1) is 0 Å². The lowest BCUT2D eigenvalue weighted by Gasteiger charge is -2.16. The maximum absolute atomic E-state index is 12.5. The van der Waals surface area contributed by atoms with E-state index < -0.39 is 17.5 Å². The Bertz CT molecular complexity index is 1170. The van der Waals surface area contributed by atoms with Gasteiger partial charge < -0.3 is 10.4 Å². The summed E-state index contributed by atoms with van der Waals surface area (Å²) in [6, 6.07) is 16.5. The Morgan fingerprint density at radius 3 is 2.45 bits per heavy atom. The lowest BCUT2D eigenvalue weighted by Crippen LogP contribution is -2.40. The third-order valence-electron chi connectivity index (χ3n) is 5.07. The largest absolute Gasteiger partial charge is 0.477 e. The summed E-state index contributed by atoms with van der Waals surface area (Å²) in [6.07, 6.45) is 0.427. The minimum atomic E-state index is -1.01. The van der Waals surface area contributed by atoms with E-state index in [1.807, 2.05) is 54.6 Å². The Labute approximate surface area is 183 Å². The van der Waals surface area contributed by atoms with E-state index >= 15 is 0 Å². The van der Waals surface area contributed by atoms with Crippen molar-refractivity contribution in [1.82, 2.24) is 15.2 Å². The van der Waals surface area contributed by atoms with Gasteiger partial charge in [-0.25, -0.2) is 14.6 Å². The number of amides is 3. The molecular weight excluding hydrogens is 414 g/mol. The topological polar surface area (TPSA) is 99.6 Å². The fraction of sp³-hybridized carbons (Fsp3) is 0.217. The van der Waals surface area contributed by atoms with Gasteiger partial charge in [-0.3, -0.25) is 9.69 Å². The second kappa shape index (κ2) is 7.96.